The van der Waals surface area contributed by atoms with Gasteiger partial charge in [-0.3, -0.25) is 9.59 Å². The summed E-state index contributed by atoms with van der Waals surface area (Å²) in [5, 5.41) is 2.50. The highest BCUT2D eigenvalue weighted by molar-refractivity contribution is 5.92. The zero-order valence-corrected chi connectivity index (χ0v) is 9.04. The van der Waals surface area contributed by atoms with E-state index in [1.54, 1.807) is 19.1 Å². The molecule has 0 saturated carbocycles. The first kappa shape index (κ1) is 13.2. The Morgan fingerprint density at radius 3 is 2.47 bits per heavy atom. The number of carbonyl (C=O) groups is 2. The van der Waals surface area contributed by atoms with Gasteiger partial charge in [-0.2, -0.15) is 0 Å². The minimum absolute atomic E-state index is 0.459. The van der Waals surface area contributed by atoms with Crippen LogP contribution in [0.4, 0.5) is 0 Å². The minimum Gasteiger partial charge on any atom is -0.366 e. The lowest BCUT2D eigenvalue weighted by atomic mass is 10.1. The standard InChI is InChI=1S/C11H16N2O2/c1-4-8(3)10(13-7-14)6-9(5-2)11(12)15/h4,6-7H,1,5H2,2-3H3,(H2,12,15)(H,13,14)/b9-6+,10-8+. The molecule has 0 atom stereocenters. The summed E-state index contributed by atoms with van der Waals surface area (Å²) < 4.78 is 0. The third kappa shape index (κ3) is 4.26. The van der Waals surface area contributed by atoms with Crippen LogP contribution >= 0.6 is 0 Å². The van der Waals surface area contributed by atoms with Crippen molar-refractivity contribution in [3.63, 3.8) is 0 Å². The molecule has 0 spiro atoms. The lowest BCUT2D eigenvalue weighted by Gasteiger charge is -2.05. The fraction of sp³-hybridized carbons (Fsp3) is 0.273. The Labute approximate surface area is 89.5 Å². The van der Waals surface area contributed by atoms with Crippen molar-refractivity contribution in [3.05, 3.63) is 35.6 Å². The molecule has 0 aromatic heterocycles. The Kier molecular flexibility index (Phi) is 5.78. The van der Waals surface area contributed by atoms with Crippen LogP contribution in [0.1, 0.15) is 20.3 Å². The molecule has 0 bridgehead atoms. The van der Waals surface area contributed by atoms with Gasteiger partial charge < -0.3 is 11.1 Å². The molecule has 0 aromatic carbocycles. The Morgan fingerprint density at radius 1 is 1.53 bits per heavy atom. The van der Waals surface area contributed by atoms with Gasteiger partial charge in [-0.1, -0.05) is 19.6 Å². The summed E-state index contributed by atoms with van der Waals surface area (Å²) in [5.41, 5.74) is 6.93. The maximum Gasteiger partial charge on any atom is 0.244 e. The van der Waals surface area contributed by atoms with Crippen LogP contribution in [-0.4, -0.2) is 12.3 Å². The lowest BCUT2D eigenvalue weighted by Crippen LogP contribution is -2.16. The molecule has 15 heavy (non-hydrogen) atoms. The second-order valence-corrected chi connectivity index (χ2v) is 2.95. The molecular formula is C11H16N2O2. The van der Waals surface area contributed by atoms with Crippen LogP contribution in [0.2, 0.25) is 0 Å². The number of amides is 2. The molecule has 0 aromatic rings. The van der Waals surface area contributed by atoms with Crippen molar-refractivity contribution in [2.45, 2.75) is 20.3 Å². The van der Waals surface area contributed by atoms with E-state index in [9.17, 15) is 9.59 Å². The summed E-state index contributed by atoms with van der Waals surface area (Å²) in [7, 11) is 0. The Bertz CT molecular complexity index is 327. The summed E-state index contributed by atoms with van der Waals surface area (Å²) in [5.74, 6) is -0.487. The summed E-state index contributed by atoms with van der Waals surface area (Å²) in [4.78, 5) is 21.3. The van der Waals surface area contributed by atoms with Crippen LogP contribution < -0.4 is 11.1 Å². The van der Waals surface area contributed by atoms with E-state index in [2.05, 4.69) is 11.9 Å². The summed E-state index contributed by atoms with van der Waals surface area (Å²) in [6.45, 7) is 7.18. The van der Waals surface area contributed by atoms with Crippen molar-refractivity contribution in [1.29, 1.82) is 0 Å². The van der Waals surface area contributed by atoms with E-state index in [-0.39, 0.29) is 0 Å². The number of primary amides is 1. The first-order valence-electron chi connectivity index (χ1n) is 4.60. The van der Waals surface area contributed by atoms with Crippen LogP contribution in [0.25, 0.3) is 0 Å². The van der Waals surface area contributed by atoms with Gasteiger partial charge in [-0.15, -0.1) is 0 Å². The van der Waals surface area contributed by atoms with E-state index in [0.717, 1.165) is 5.57 Å². The highest BCUT2D eigenvalue weighted by atomic mass is 16.1. The highest BCUT2D eigenvalue weighted by Crippen LogP contribution is 2.08. The average Bonchev–Trinajstić information content (AvgIpc) is 2.22. The van der Waals surface area contributed by atoms with Gasteiger partial charge in [0.15, 0.2) is 0 Å². The molecule has 0 rings (SSSR count). The summed E-state index contributed by atoms with van der Waals surface area (Å²) >= 11 is 0. The highest BCUT2D eigenvalue weighted by Gasteiger charge is 2.04. The third-order valence-electron chi connectivity index (χ3n) is 1.96. The van der Waals surface area contributed by atoms with Crippen molar-refractivity contribution in [2.75, 3.05) is 0 Å². The molecule has 3 N–H and O–H groups in total. The van der Waals surface area contributed by atoms with Crippen LogP contribution in [0.15, 0.2) is 35.6 Å². The van der Waals surface area contributed by atoms with Crippen LogP contribution in [0.3, 0.4) is 0 Å². The van der Waals surface area contributed by atoms with E-state index < -0.39 is 5.91 Å². The van der Waals surface area contributed by atoms with Gasteiger partial charge in [0.25, 0.3) is 0 Å². The van der Waals surface area contributed by atoms with Crippen LogP contribution in [0.5, 0.6) is 0 Å². The molecule has 0 heterocycles. The fourth-order valence-corrected chi connectivity index (χ4v) is 0.964. The molecule has 4 heteroatoms. The second-order valence-electron chi connectivity index (χ2n) is 2.95. The SMILES string of the molecule is C=C/C(C)=C(\C=C(/CC)C(N)=O)NC=O. The Balaban J connectivity index is 5.19. The van der Waals surface area contributed by atoms with Gasteiger partial charge in [0.1, 0.15) is 0 Å². The Morgan fingerprint density at radius 2 is 2.13 bits per heavy atom. The number of nitrogens with one attached hydrogen (secondary N) is 1. The third-order valence-corrected chi connectivity index (χ3v) is 1.96. The maximum atomic E-state index is 11.0. The first-order valence-corrected chi connectivity index (χ1v) is 4.60. The van der Waals surface area contributed by atoms with Gasteiger partial charge in [-0.05, 0) is 25.0 Å². The van der Waals surface area contributed by atoms with E-state index in [1.165, 1.54) is 0 Å². The monoisotopic (exact) mass is 208 g/mol. The van der Waals surface area contributed by atoms with E-state index >= 15 is 0 Å². The van der Waals surface area contributed by atoms with Crippen molar-refractivity contribution < 1.29 is 9.59 Å². The Hall–Kier alpha value is -1.84. The summed E-state index contributed by atoms with van der Waals surface area (Å²) in [6, 6.07) is 0. The van der Waals surface area contributed by atoms with Crippen LogP contribution in [-0.2, 0) is 9.59 Å². The molecule has 4 nitrogen and oxygen atoms in total. The molecule has 0 aliphatic rings. The van der Waals surface area contributed by atoms with Crippen LogP contribution in [0, 0.1) is 0 Å². The van der Waals surface area contributed by atoms with Gasteiger partial charge >= 0.3 is 0 Å². The molecule has 0 unspecified atom stereocenters. The zero-order chi connectivity index (χ0) is 11.8. The quantitative estimate of drug-likeness (QED) is 0.388. The number of hydrogen-bond acceptors (Lipinski definition) is 2. The van der Waals surface area contributed by atoms with E-state index in [0.29, 0.717) is 24.1 Å². The van der Waals surface area contributed by atoms with Gasteiger partial charge in [-0.25, -0.2) is 0 Å². The van der Waals surface area contributed by atoms with E-state index in [1.807, 2.05) is 6.92 Å². The smallest absolute Gasteiger partial charge is 0.244 e. The molecule has 0 radical (unpaired) electrons. The predicted octanol–water partition coefficient (Wildman–Crippen LogP) is 1.01. The number of allylic oxidation sites excluding steroid dienone is 3. The molecule has 0 saturated heterocycles. The van der Waals surface area contributed by atoms with Crippen molar-refractivity contribution in [3.8, 4) is 0 Å². The normalized spacial score (nSPS) is 12.8. The lowest BCUT2D eigenvalue weighted by molar-refractivity contribution is -0.114. The van der Waals surface area contributed by atoms with Gasteiger partial charge in [0, 0.05) is 11.3 Å². The minimum atomic E-state index is -0.487. The predicted molar refractivity (Wildman–Crippen MR) is 59.7 cm³/mol. The molecule has 0 aliphatic heterocycles. The number of hydrogen-bond donors (Lipinski definition) is 2. The zero-order valence-electron chi connectivity index (χ0n) is 9.04. The van der Waals surface area contributed by atoms with Crippen molar-refractivity contribution >= 4 is 12.3 Å². The fourth-order valence-electron chi connectivity index (χ4n) is 0.964. The molecule has 0 aliphatic carbocycles. The second kappa shape index (κ2) is 6.59. The number of rotatable bonds is 6. The average molecular weight is 208 g/mol. The summed E-state index contributed by atoms with van der Waals surface area (Å²) in [6.07, 6.45) is 4.22. The van der Waals surface area contributed by atoms with E-state index in [4.69, 9.17) is 5.73 Å². The largest absolute Gasteiger partial charge is 0.366 e. The molecule has 82 valence electrons. The first-order chi connectivity index (χ1) is 7.06. The topological polar surface area (TPSA) is 72.2 Å². The van der Waals surface area contributed by atoms with Crippen molar-refractivity contribution in [2.24, 2.45) is 5.73 Å². The molecule has 0 fully saturated rings. The van der Waals surface area contributed by atoms with Gasteiger partial charge in [0.05, 0.1) is 0 Å². The maximum absolute atomic E-state index is 11.0. The molecular weight excluding hydrogens is 192 g/mol. The number of carbonyl (C=O) groups excluding carboxylic acids is 2. The number of nitrogens with two attached hydrogens (primary N) is 1. The van der Waals surface area contributed by atoms with Gasteiger partial charge in [0.2, 0.25) is 12.3 Å². The molecule has 2 amide bonds. The van der Waals surface area contributed by atoms with Crippen molar-refractivity contribution in [1.82, 2.24) is 5.32 Å².